The Morgan fingerprint density at radius 2 is 1.82 bits per heavy atom. The van der Waals surface area contributed by atoms with Crippen molar-refractivity contribution in [1.82, 2.24) is 19.7 Å². The highest BCUT2D eigenvalue weighted by atomic mass is 16.2. The second-order valence-electron chi connectivity index (χ2n) is 9.08. The molecule has 2 saturated heterocycles. The maximum atomic E-state index is 12.8. The molecule has 1 N–H and O–H groups in total. The lowest BCUT2D eigenvalue weighted by atomic mass is 9.91. The third-order valence-corrected chi connectivity index (χ3v) is 7.31. The van der Waals surface area contributed by atoms with Crippen LogP contribution in [0, 0.1) is 0 Å². The average molecular weight is 385 g/mol. The molecule has 1 aromatic heterocycles. The van der Waals surface area contributed by atoms with Gasteiger partial charge >= 0.3 is 0 Å². The van der Waals surface area contributed by atoms with Crippen LogP contribution in [-0.4, -0.2) is 84.0 Å². The number of nitrogens with zero attached hydrogens (tertiary/aromatic N) is 4. The summed E-state index contributed by atoms with van der Waals surface area (Å²) in [6.07, 6.45) is 7.71. The lowest BCUT2D eigenvalue weighted by Crippen LogP contribution is -3.05. The standard InChI is InChI=1S/C22H33N5O/c28-22(27-14-12-25(13-15-27)19-4-3-5-19)17-24-11-8-20-18(16-24)6-7-21(23-20)26-9-1-2-10-26/h6-7,19H,1-5,8-17H2/p+1. The normalized spacial score (nSPS) is 24.9. The van der Waals surface area contributed by atoms with Gasteiger partial charge in [-0.3, -0.25) is 19.5 Å². The van der Waals surface area contributed by atoms with E-state index in [1.54, 1.807) is 4.90 Å². The number of hydrogen-bond acceptors (Lipinski definition) is 4. The number of amides is 1. The van der Waals surface area contributed by atoms with Crippen molar-refractivity contribution >= 4 is 11.7 Å². The Kier molecular flexibility index (Phi) is 5.35. The lowest BCUT2D eigenvalue weighted by molar-refractivity contribution is -0.821. The van der Waals surface area contributed by atoms with Gasteiger partial charge in [0.2, 0.25) is 11.7 Å². The fourth-order valence-electron chi connectivity index (χ4n) is 5.24. The van der Waals surface area contributed by atoms with Crippen molar-refractivity contribution in [3.63, 3.8) is 0 Å². The van der Waals surface area contributed by atoms with Crippen molar-refractivity contribution < 1.29 is 9.69 Å². The molecule has 1 aliphatic carbocycles. The van der Waals surface area contributed by atoms with E-state index >= 15 is 0 Å². The van der Waals surface area contributed by atoms with Crippen LogP contribution in [0.3, 0.4) is 0 Å². The molecule has 0 unspecified atom stereocenters. The van der Waals surface area contributed by atoms with E-state index in [-0.39, 0.29) is 0 Å². The molecule has 4 heterocycles. The molecule has 0 aromatic carbocycles. The monoisotopic (exact) mass is 384 g/mol. The molecule has 6 nitrogen and oxygen atoms in total. The van der Waals surface area contributed by atoms with E-state index in [4.69, 9.17) is 4.98 Å². The molecule has 5 rings (SSSR count). The maximum Gasteiger partial charge on any atom is 0.236 e. The summed E-state index contributed by atoms with van der Waals surface area (Å²) in [5.74, 6) is 1.54. The molecule has 1 saturated carbocycles. The number of rotatable bonds is 4. The van der Waals surface area contributed by atoms with Crippen LogP contribution >= 0.6 is 0 Å². The average Bonchev–Trinajstić information content (AvgIpc) is 3.21. The second kappa shape index (κ2) is 8.09. The van der Waals surface area contributed by atoms with Crippen LogP contribution in [-0.2, 0) is 17.8 Å². The largest absolute Gasteiger partial charge is 0.339 e. The lowest BCUT2D eigenvalue weighted by Gasteiger charge is -2.43. The molecule has 6 heteroatoms. The Bertz CT molecular complexity index is 705. The molecule has 1 amide bonds. The van der Waals surface area contributed by atoms with Crippen molar-refractivity contribution in [2.45, 2.75) is 51.1 Å². The summed E-state index contributed by atoms with van der Waals surface area (Å²) in [7, 11) is 0. The zero-order valence-electron chi connectivity index (χ0n) is 17.0. The van der Waals surface area contributed by atoms with Gasteiger partial charge in [0.1, 0.15) is 0 Å². The van der Waals surface area contributed by atoms with Crippen LogP contribution in [0.1, 0.15) is 43.4 Å². The zero-order valence-corrected chi connectivity index (χ0v) is 17.0. The van der Waals surface area contributed by atoms with E-state index in [9.17, 15) is 4.79 Å². The fraction of sp³-hybridized carbons (Fsp3) is 0.727. The third-order valence-electron chi connectivity index (χ3n) is 7.31. The van der Waals surface area contributed by atoms with E-state index < -0.39 is 0 Å². The van der Waals surface area contributed by atoms with Crippen molar-refractivity contribution in [2.75, 3.05) is 52.4 Å². The number of carbonyl (C=O) groups is 1. The minimum Gasteiger partial charge on any atom is -0.339 e. The van der Waals surface area contributed by atoms with E-state index in [1.165, 1.54) is 62.3 Å². The Labute approximate surface area is 168 Å². The number of hydrogen-bond donors (Lipinski definition) is 1. The number of aromatic nitrogens is 1. The molecular formula is C22H34N5O+. The van der Waals surface area contributed by atoms with Crippen LogP contribution in [0.5, 0.6) is 0 Å². The predicted octanol–water partition coefficient (Wildman–Crippen LogP) is 0.447. The first-order chi connectivity index (χ1) is 13.8. The summed E-state index contributed by atoms with van der Waals surface area (Å²) in [6.45, 7) is 8.75. The van der Waals surface area contributed by atoms with E-state index in [2.05, 4.69) is 26.8 Å². The maximum absolute atomic E-state index is 12.8. The molecule has 4 aliphatic rings. The van der Waals surface area contributed by atoms with Crippen molar-refractivity contribution in [1.29, 1.82) is 0 Å². The molecule has 1 aromatic rings. The first-order valence-corrected chi connectivity index (χ1v) is 11.3. The van der Waals surface area contributed by atoms with Crippen LogP contribution in [0.25, 0.3) is 0 Å². The van der Waals surface area contributed by atoms with Crippen LogP contribution in [0.4, 0.5) is 5.82 Å². The van der Waals surface area contributed by atoms with Crippen LogP contribution in [0.15, 0.2) is 12.1 Å². The predicted molar refractivity (Wildman–Crippen MR) is 109 cm³/mol. The van der Waals surface area contributed by atoms with Gasteiger partial charge in [-0.15, -0.1) is 0 Å². The van der Waals surface area contributed by atoms with Gasteiger partial charge in [0, 0.05) is 70.6 Å². The minimum absolute atomic E-state index is 0.308. The van der Waals surface area contributed by atoms with Crippen molar-refractivity contribution in [3.05, 3.63) is 23.4 Å². The highest BCUT2D eigenvalue weighted by Gasteiger charge is 2.30. The quantitative estimate of drug-likeness (QED) is 0.819. The van der Waals surface area contributed by atoms with E-state index in [0.717, 1.165) is 51.7 Å². The molecule has 3 aliphatic heterocycles. The number of piperazine rings is 1. The van der Waals surface area contributed by atoms with Gasteiger partial charge in [-0.05, 0) is 24.5 Å². The van der Waals surface area contributed by atoms with Crippen molar-refractivity contribution in [2.24, 2.45) is 0 Å². The Morgan fingerprint density at radius 3 is 2.54 bits per heavy atom. The van der Waals surface area contributed by atoms with E-state index in [0.29, 0.717) is 12.5 Å². The summed E-state index contributed by atoms with van der Waals surface area (Å²) < 4.78 is 0. The van der Waals surface area contributed by atoms with Gasteiger partial charge in [0.25, 0.3) is 0 Å². The molecule has 28 heavy (non-hydrogen) atoms. The first kappa shape index (κ1) is 18.5. The van der Waals surface area contributed by atoms with Gasteiger partial charge < -0.3 is 4.90 Å². The smallest absolute Gasteiger partial charge is 0.236 e. The highest BCUT2D eigenvalue weighted by Crippen LogP contribution is 2.25. The summed E-state index contributed by atoms with van der Waals surface area (Å²) >= 11 is 0. The Balaban J connectivity index is 1.14. The first-order valence-electron chi connectivity index (χ1n) is 11.3. The van der Waals surface area contributed by atoms with Gasteiger partial charge in [0.05, 0.1) is 25.3 Å². The second-order valence-corrected chi connectivity index (χ2v) is 9.08. The molecule has 0 radical (unpaired) electrons. The van der Waals surface area contributed by atoms with Crippen LogP contribution in [0.2, 0.25) is 0 Å². The molecule has 0 atom stereocenters. The molecule has 152 valence electrons. The van der Waals surface area contributed by atoms with Gasteiger partial charge in [-0.1, -0.05) is 6.42 Å². The minimum atomic E-state index is 0.308. The molecule has 0 spiro atoms. The third kappa shape index (κ3) is 3.82. The van der Waals surface area contributed by atoms with Gasteiger partial charge in [0.15, 0.2) is 0 Å². The number of nitrogens with one attached hydrogen (secondary N) is 1. The summed E-state index contributed by atoms with van der Waals surface area (Å²) in [5.41, 5.74) is 2.57. The summed E-state index contributed by atoms with van der Waals surface area (Å²) in [5, 5.41) is 0. The SMILES string of the molecule is O=C(CN1CCc2nc([NH+]3CCCC3)ccc2C1)N1CCN(C2CCC2)CC1. The number of fused-ring (bicyclic) bond motifs is 1. The van der Waals surface area contributed by atoms with Crippen LogP contribution < -0.4 is 4.90 Å². The Hall–Kier alpha value is -1.50. The van der Waals surface area contributed by atoms with Gasteiger partial charge in [-0.2, -0.15) is 0 Å². The number of carbonyl (C=O) groups excluding carboxylic acids is 1. The number of pyridine rings is 1. The fourth-order valence-corrected chi connectivity index (χ4v) is 5.24. The number of quaternary nitrogens is 1. The molecular weight excluding hydrogens is 350 g/mol. The van der Waals surface area contributed by atoms with Crippen molar-refractivity contribution in [3.8, 4) is 0 Å². The topological polar surface area (TPSA) is 44.1 Å². The summed E-state index contributed by atoms with van der Waals surface area (Å²) in [6, 6.07) is 5.28. The molecule has 3 fully saturated rings. The van der Waals surface area contributed by atoms with E-state index in [1.807, 2.05) is 0 Å². The highest BCUT2D eigenvalue weighted by molar-refractivity contribution is 5.78. The summed E-state index contributed by atoms with van der Waals surface area (Å²) in [4.78, 5) is 26.3. The zero-order chi connectivity index (χ0) is 18.9. The van der Waals surface area contributed by atoms with Gasteiger partial charge in [-0.25, -0.2) is 4.98 Å². The Morgan fingerprint density at radius 1 is 1.04 bits per heavy atom. The molecule has 0 bridgehead atoms.